The maximum absolute atomic E-state index is 5.78. The molecule has 1 aromatic carbocycles. The SMILES string of the molecule is CCBc1cccc(Cl)c1. The lowest BCUT2D eigenvalue weighted by molar-refractivity contribution is 1.46. The molecule has 52 valence electrons. The molecule has 0 spiro atoms. The largest absolute Gasteiger partial charge is 0.157 e. The Morgan fingerprint density at radius 1 is 1.50 bits per heavy atom. The average molecular weight is 152 g/mol. The summed E-state index contributed by atoms with van der Waals surface area (Å²) in [6.07, 6.45) is 1.18. The molecule has 0 saturated heterocycles. The highest BCUT2D eigenvalue weighted by molar-refractivity contribution is 6.53. The van der Waals surface area contributed by atoms with E-state index in [9.17, 15) is 0 Å². The van der Waals surface area contributed by atoms with Gasteiger partial charge in [0.1, 0.15) is 0 Å². The minimum absolute atomic E-state index is 0.839. The molecule has 0 aromatic heterocycles. The topological polar surface area (TPSA) is 0 Å². The van der Waals surface area contributed by atoms with E-state index in [0.717, 1.165) is 12.3 Å². The van der Waals surface area contributed by atoms with Crippen molar-refractivity contribution >= 4 is 24.3 Å². The molecule has 0 aliphatic carbocycles. The van der Waals surface area contributed by atoms with Gasteiger partial charge in [-0.25, -0.2) is 0 Å². The maximum Gasteiger partial charge on any atom is 0.157 e. The standard InChI is InChI=1S/C8H10BCl/c1-2-9-7-4-3-5-8(10)6-7/h3-6,9H,2H2,1H3. The maximum atomic E-state index is 5.78. The lowest BCUT2D eigenvalue weighted by Crippen LogP contribution is -2.11. The molecule has 0 amide bonds. The summed E-state index contributed by atoms with van der Waals surface area (Å²) in [4.78, 5) is 0. The predicted molar refractivity (Wildman–Crippen MR) is 48.7 cm³/mol. The van der Waals surface area contributed by atoms with Crippen LogP contribution in [0.25, 0.3) is 0 Å². The number of hydrogen-bond acceptors (Lipinski definition) is 0. The van der Waals surface area contributed by atoms with Crippen molar-refractivity contribution in [2.75, 3.05) is 0 Å². The van der Waals surface area contributed by atoms with Crippen LogP contribution in [0.15, 0.2) is 24.3 Å². The molecule has 0 fully saturated rings. The van der Waals surface area contributed by atoms with E-state index in [1.807, 2.05) is 18.2 Å². The number of benzene rings is 1. The van der Waals surface area contributed by atoms with Crippen molar-refractivity contribution in [3.63, 3.8) is 0 Å². The molecule has 0 unspecified atom stereocenters. The van der Waals surface area contributed by atoms with Crippen LogP contribution in [0.4, 0.5) is 0 Å². The van der Waals surface area contributed by atoms with Gasteiger partial charge in [-0.05, 0) is 12.1 Å². The molecule has 0 N–H and O–H groups in total. The van der Waals surface area contributed by atoms with Crippen LogP contribution in [-0.2, 0) is 0 Å². The summed E-state index contributed by atoms with van der Waals surface area (Å²) in [6.45, 7) is 2.17. The minimum atomic E-state index is 0.839. The first-order valence-electron chi connectivity index (χ1n) is 3.57. The van der Waals surface area contributed by atoms with Gasteiger partial charge < -0.3 is 0 Å². The molecule has 2 heteroatoms. The molecule has 10 heavy (non-hydrogen) atoms. The summed E-state index contributed by atoms with van der Waals surface area (Å²) in [7, 11) is 1.13. The summed E-state index contributed by atoms with van der Waals surface area (Å²) in [5.74, 6) is 0. The quantitative estimate of drug-likeness (QED) is 0.567. The zero-order valence-electron chi connectivity index (χ0n) is 6.10. The zero-order chi connectivity index (χ0) is 7.40. The Hall–Kier alpha value is -0.425. The molecular weight excluding hydrogens is 142 g/mol. The highest BCUT2D eigenvalue weighted by Gasteiger charge is 1.92. The first-order chi connectivity index (χ1) is 4.83. The van der Waals surface area contributed by atoms with Crippen LogP contribution in [-0.4, -0.2) is 7.28 Å². The van der Waals surface area contributed by atoms with E-state index in [4.69, 9.17) is 11.6 Å². The van der Waals surface area contributed by atoms with Crippen molar-refractivity contribution in [1.82, 2.24) is 0 Å². The third kappa shape index (κ3) is 2.07. The van der Waals surface area contributed by atoms with Gasteiger partial charge in [0, 0.05) is 5.02 Å². The van der Waals surface area contributed by atoms with Gasteiger partial charge in [0.2, 0.25) is 0 Å². The fourth-order valence-corrected chi connectivity index (χ4v) is 1.19. The van der Waals surface area contributed by atoms with Crippen LogP contribution in [0.2, 0.25) is 11.3 Å². The summed E-state index contributed by atoms with van der Waals surface area (Å²) >= 11 is 5.78. The summed E-state index contributed by atoms with van der Waals surface area (Å²) < 4.78 is 0. The van der Waals surface area contributed by atoms with Gasteiger partial charge in [0.25, 0.3) is 0 Å². The van der Waals surface area contributed by atoms with Gasteiger partial charge in [-0.1, -0.05) is 42.4 Å². The van der Waals surface area contributed by atoms with Gasteiger partial charge >= 0.3 is 0 Å². The van der Waals surface area contributed by atoms with Crippen LogP contribution in [0.3, 0.4) is 0 Å². The monoisotopic (exact) mass is 152 g/mol. The van der Waals surface area contributed by atoms with Crippen LogP contribution in [0.1, 0.15) is 6.92 Å². The molecule has 0 radical (unpaired) electrons. The summed E-state index contributed by atoms with van der Waals surface area (Å²) in [5.41, 5.74) is 1.33. The van der Waals surface area contributed by atoms with E-state index in [1.165, 1.54) is 11.8 Å². The Balaban J connectivity index is 2.75. The van der Waals surface area contributed by atoms with Crippen molar-refractivity contribution in [1.29, 1.82) is 0 Å². The van der Waals surface area contributed by atoms with E-state index in [-0.39, 0.29) is 0 Å². The third-order valence-electron chi connectivity index (χ3n) is 1.43. The summed E-state index contributed by atoms with van der Waals surface area (Å²) in [5, 5.41) is 0.839. The lowest BCUT2D eigenvalue weighted by atomic mass is 9.68. The van der Waals surface area contributed by atoms with Gasteiger partial charge in [-0.15, -0.1) is 0 Å². The fourth-order valence-electron chi connectivity index (χ4n) is 0.981. The second-order valence-electron chi connectivity index (χ2n) is 2.38. The molecule has 1 rings (SSSR count). The van der Waals surface area contributed by atoms with Crippen molar-refractivity contribution in [3.8, 4) is 0 Å². The van der Waals surface area contributed by atoms with E-state index in [2.05, 4.69) is 13.0 Å². The molecule has 0 atom stereocenters. The third-order valence-corrected chi connectivity index (χ3v) is 1.66. The van der Waals surface area contributed by atoms with Crippen LogP contribution in [0, 0.1) is 0 Å². The van der Waals surface area contributed by atoms with Crippen molar-refractivity contribution < 1.29 is 0 Å². The minimum Gasteiger partial charge on any atom is -0.0844 e. The molecule has 1 aromatic rings. The lowest BCUT2D eigenvalue weighted by Gasteiger charge is -1.95. The second-order valence-corrected chi connectivity index (χ2v) is 2.82. The molecule has 0 bridgehead atoms. The Morgan fingerprint density at radius 2 is 2.30 bits per heavy atom. The Labute approximate surface area is 67.5 Å². The Kier molecular flexibility index (Phi) is 2.82. The normalized spacial score (nSPS) is 9.40. The van der Waals surface area contributed by atoms with Crippen LogP contribution in [0.5, 0.6) is 0 Å². The van der Waals surface area contributed by atoms with Crippen molar-refractivity contribution in [3.05, 3.63) is 29.3 Å². The van der Waals surface area contributed by atoms with Crippen molar-refractivity contribution in [2.45, 2.75) is 13.2 Å². The van der Waals surface area contributed by atoms with Crippen LogP contribution < -0.4 is 5.46 Å². The molecule has 0 aliphatic rings. The zero-order valence-corrected chi connectivity index (χ0v) is 6.86. The molecule has 0 aliphatic heterocycles. The summed E-state index contributed by atoms with van der Waals surface area (Å²) in [6, 6.07) is 8.02. The predicted octanol–water partition coefficient (Wildman–Crippen LogP) is 1.84. The van der Waals surface area contributed by atoms with Gasteiger partial charge in [0.05, 0.1) is 0 Å². The Morgan fingerprint density at radius 3 is 2.90 bits per heavy atom. The molecular formula is C8H10BCl. The van der Waals surface area contributed by atoms with Crippen LogP contribution >= 0.6 is 11.6 Å². The first-order valence-corrected chi connectivity index (χ1v) is 3.95. The second kappa shape index (κ2) is 3.67. The highest BCUT2D eigenvalue weighted by atomic mass is 35.5. The van der Waals surface area contributed by atoms with E-state index in [1.54, 1.807) is 0 Å². The number of rotatable bonds is 2. The molecule has 0 nitrogen and oxygen atoms in total. The van der Waals surface area contributed by atoms with E-state index >= 15 is 0 Å². The smallest absolute Gasteiger partial charge is 0.0844 e. The Bertz CT molecular complexity index is 210. The molecule has 0 saturated carbocycles. The first kappa shape index (κ1) is 7.68. The van der Waals surface area contributed by atoms with Gasteiger partial charge in [-0.3, -0.25) is 0 Å². The average Bonchev–Trinajstić information content (AvgIpc) is 1.88. The van der Waals surface area contributed by atoms with Gasteiger partial charge in [-0.2, -0.15) is 0 Å². The van der Waals surface area contributed by atoms with Crippen molar-refractivity contribution in [2.24, 2.45) is 0 Å². The molecule has 0 heterocycles. The number of hydrogen-bond donors (Lipinski definition) is 0. The van der Waals surface area contributed by atoms with Gasteiger partial charge in [0.15, 0.2) is 7.28 Å². The van der Waals surface area contributed by atoms with E-state index < -0.39 is 0 Å². The van der Waals surface area contributed by atoms with E-state index in [0.29, 0.717) is 0 Å². The number of halogens is 1. The fraction of sp³-hybridized carbons (Fsp3) is 0.250. The highest BCUT2D eigenvalue weighted by Crippen LogP contribution is 2.03.